The summed E-state index contributed by atoms with van der Waals surface area (Å²) in [6.07, 6.45) is 0.856. The van der Waals surface area contributed by atoms with Crippen molar-refractivity contribution in [2.75, 3.05) is 5.32 Å². The zero-order valence-electron chi connectivity index (χ0n) is 10.7. The van der Waals surface area contributed by atoms with Crippen LogP contribution in [0.2, 0.25) is 5.02 Å². The Labute approximate surface area is 124 Å². The number of benzene rings is 1. The van der Waals surface area contributed by atoms with Gasteiger partial charge in [-0.05, 0) is 40.5 Å². The van der Waals surface area contributed by atoms with Gasteiger partial charge in [0, 0.05) is 7.05 Å². The highest BCUT2D eigenvalue weighted by Crippen LogP contribution is 2.26. The van der Waals surface area contributed by atoms with Crippen LogP contribution in [-0.4, -0.2) is 9.78 Å². The first kappa shape index (κ1) is 14.3. The molecule has 0 atom stereocenters. The van der Waals surface area contributed by atoms with Gasteiger partial charge < -0.3 is 5.32 Å². The number of halogens is 3. The SMILES string of the molecule is CCc1nn(C)c(CNc2cc(F)ccc2Cl)c1Br. The molecule has 102 valence electrons. The van der Waals surface area contributed by atoms with E-state index in [4.69, 9.17) is 11.6 Å². The number of nitrogens with zero attached hydrogens (tertiary/aromatic N) is 2. The highest BCUT2D eigenvalue weighted by atomic mass is 79.9. The van der Waals surface area contributed by atoms with Crippen molar-refractivity contribution >= 4 is 33.2 Å². The second-order valence-corrected chi connectivity index (χ2v) is 5.36. The van der Waals surface area contributed by atoms with Gasteiger partial charge in [-0.3, -0.25) is 4.68 Å². The third-order valence-corrected chi connectivity index (χ3v) is 4.12. The minimum absolute atomic E-state index is 0.315. The number of aryl methyl sites for hydroxylation is 2. The number of hydrogen-bond donors (Lipinski definition) is 1. The summed E-state index contributed by atoms with van der Waals surface area (Å²) in [5, 5.41) is 8.03. The zero-order valence-corrected chi connectivity index (χ0v) is 13.0. The molecule has 0 aliphatic heterocycles. The van der Waals surface area contributed by atoms with Crippen molar-refractivity contribution in [2.24, 2.45) is 7.05 Å². The fraction of sp³-hybridized carbons (Fsp3) is 0.308. The maximum Gasteiger partial charge on any atom is 0.125 e. The maximum atomic E-state index is 13.2. The van der Waals surface area contributed by atoms with Gasteiger partial charge in [0.25, 0.3) is 0 Å². The molecule has 0 radical (unpaired) electrons. The molecule has 1 aromatic heterocycles. The van der Waals surface area contributed by atoms with E-state index < -0.39 is 0 Å². The molecule has 0 spiro atoms. The molecule has 6 heteroatoms. The van der Waals surface area contributed by atoms with Crippen LogP contribution in [0.25, 0.3) is 0 Å². The number of aromatic nitrogens is 2. The lowest BCUT2D eigenvalue weighted by atomic mass is 10.2. The summed E-state index contributed by atoms with van der Waals surface area (Å²) in [7, 11) is 1.88. The third kappa shape index (κ3) is 3.09. The van der Waals surface area contributed by atoms with Crippen molar-refractivity contribution < 1.29 is 4.39 Å². The molecule has 0 amide bonds. The van der Waals surface area contributed by atoms with E-state index in [9.17, 15) is 4.39 Å². The molecule has 0 bridgehead atoms. The van der Waals surface area contributed by atoms with Gasteiger partial charge in [-0.1, -0.05) is 18.5 Å². The van der Waals surface area contributed by atoms with Gasteiger partial charge in [0.1, 0.15) is 5.82 Å². The quantitative estimate of drug-likeness (QED) is 0.901. The number of hydrogen-bond acceptors (Lipinski definition) is 2. The van der Waals surface area contributed by atoms with Gasteiger partial charge in [0.15, 0.2) is 0 Å². The summed E-state index contributed by atoms with van der Waals surface area (Å²) < 4.78 is 16.0. The zero-order chi connectivity index (χ0) is 14.0. The average molecular weight is 347 g/mol. The van der Waals surface area contributed by atoms with Crippen LogP contribution in [0.4, 0.5) is 10.1 Å². The smallest absolute Gasteiger partial charge is 0.125 e. The summed E-state index contributed by atoms with van der Waals surface area (Å²) in [5.74, 6) is -0.315. The molecular formula is C13H14BrClFN3. The molecule has 2 aromatic rings. The average Bonchev–Trinajstić information content (AvgIpc) is 2.66. The van der Waals surface area contributed by atoms with Crippen LogP contribution in [0.1, 0.15) is 18.3 Å². The molecule has 0 saturated heterocycles. The predicted octanol–water partition coefficient (Wildman–Crippen LogP) is 4.15. The molecule has 0 aliphatic rings. The van der Waals surface area contributed by atoms with E-state index in [2.05, 4.69) is 26.3 Å². The van der Waals surface area contributed by atoms with Gasteiger partial charge in [0.05, 0.1) is 33.1 Å². The second-order valence-electron chi connectivity index (χ2n) is 4.16. The Bertz CT molecular complexity index is 598. The minimum Gasteiger partial charge on any atom is -0.378 e. The summed E-state index contributed by atoms with van der Waals surface area (Å²) in [6.45, 7) is 2.57. The monoisotopic (exact) mass is 345 g/mol. The van der Waals surface area contributed by atoms with Crippen LogP contribution >= 0.6 is 27.5 Å². The fourth-order valence-corrected chi connectivity index (χ4v) is 2.76. The first-order chi connectivity index (χ1) is 9.02. The van der Waals surface area contributed by atoms with Gasteiger partial charge in [-0.15, -0.1) is 0 Å². The van der Waals surface area contributed by atoms with E-state index >= 15 is 0 Å². The molecule has 19 heavy (non-hydrogen) atoms. The first-order valence-electron chi connectivity index (χ1n) is 5.92. The Morgan fingerprint density at radius 3 is 2.84 bits per heavy atom. The number of rotatable bonds is 4. The topological polar surface area (TPSA) is 29.9 Å². The van der Waals surface area contributed by atoms with E-state index in [0.29, 0.717) is 17.3 Å². The molecule has 2 rings (SSSR count). The van der Waals surface area contributed by atoms with Crippen LogP contribution in [-0.2, 0) is 20.0 Å². The van der Waals surface area contributed by atoms with Gasteiger partial charge in [-0.25, -0.2) is 4.39 Å². The number of anilines is 1. The third-order valence-electron chi connectivity index (χ3n) is 2.88. The van der Waals surface area contributed by atoms with Gasteiger partial charge in [0.2, 0.25) is 0 Å². The summed E-state index contributed by atoms with van der Waals surface area (Å²) in [6, 6.07) is 4.25. The van der Waals surface area contributed by atoms with Crippen molar-refractivity contribution in [3.05, 3.63) is 44.9 Å². The van der Waals surface area contributed by atoms with Crippen molar-refractivity contribution in [3.8, 4) is 0 Å². The van der Waals surface area contributed by atoms with Crippen LogP contribution in [0, 0.1) is 5.82 Å². The maximum absolute atomic E-state index is 13.2. The molecule has 0 saturated carbocycles. The molecule has 0 unspecified atom stereocenters. The molecule has 1 N–H and O–H groups in total. The van der Waals surface area contributed by atoms with Crippen LogP contribution in [0.5, 0.6) is 0 Å². The fourth-order valence-electron chi connectivity index (χ4n) is 1.82. The van der Waals surface area contributed by atoms with Crippen LogP contribution in [0.15, 0.2) is 22.7 Å². The van der Waals surface area contributed by atoms with Crippen molar-refractivity contribution in [2.45, 2.75) is 19.9 Å². The van der Waals surface area contributed by atoms with E-state index in [1.54, 1.807) is 0 Å². The molecule has 1 heterocycles. The van der Waals surface area contributed by atoms with E-state index in [0.717, 1.165) is 22.3 Å². The Morgan fingerprint density at radius 1 is 1.47 bits per heavy atom. The highest BCUT2D eigenvalue weighted by molar-refractivity contribution is 9.10. The summed E-state index contributed by atoms with van der Waals surface area (Å²) >= 11 is 9.55. The van der Waals surface area contributed by atoms with Crippen molar-refractivity contribution in [3.63, 3.8) is 0 Å². The highest BCUT2D eigenvalue weighted by Gasteiger charge is 2.12. The lowest BCUT2D eigenvalue weighted by molar-refractivity contribution is 0.628. The van der Waals surface area contributed by atoms with Crippen molar-refractivity contribution in [1.29, 1.82) is 0 Å². The largest absolute Gasteiger partial charge is 0.378 e. The first-order valence-corrected chi connectivity index (χ1v) is 7.09. The molecule has 0 aliphatic carbocycles. The lowest BCUT2D eigenvalue weighted by Gasteiger charge is -2.09. The lowest BCUT2D eigenvalue weighted by Crippen LogP contribution is -2.06. The van der Waals surface area contributed by atoms with E-state index in [1.165, 1.54) is 18.2 Å². The Kier molecular flexibility index (Phi) is 4.47. The van der Waals surface area contributed by atoms with Gasteiger partial charge in [-0.2, -0.15) is 5.10 Å². The Morgan fingerprint density at radius 2 is 2.21 bits per heavy atom. The normalized spacial score (nSPS) is 10.8. The minimum atomic E-state index is -0.315. The molecule has 0 fully saturated rings. The van der Waals surface area contributed by atoms with E-state index in [-0.39, 0.29) is 5.82 Å². The van der Waals surface area contributed by atoms with Crippen LogP contribution < -0.4 is 5.32 Å². The number of nitrogens with one attached hydrogen (secondary N) is 1. The van der Waals surface area contributed by atoms with Gasteiger partial charge >= 0.3 is 0 Å². The molecule has 1 aromatic carbocycles. The second kappa shape index (κ2) is 5.92. The standard InChI is InChI=1S/C13H14BrClFN3/c1-3-10-13(14)12(19(2)18-10)7-17-11-6-8(16)4-5-9(11)15/h4-6,17H,3,7H2,1-2H3. The summed E-state index contributed by atoms with van der Waals surface area (Å²) in [5.41, 5.74) is 2.58. The van der Waals surface area contributed by atoms with Crippen LogP contribution in [0.3, 0.4) is 0 Å². The molecule has 3 nitrogen and oxygen atoms in total. The Balaban J connectivity index is 2.19. The predicted molar refractivity (Wildman–Crippen MR) is 79.0 cm³/mol. The Hall–Kier alpha value is -1.07. The van der Waals surface area contributed by atoms with Crippen molar-refractivity contribution in [1.82, 2.24) is 9.78 Å². The summed E-state index contributed by atoms with van der Waals surface area (Å²) in [4.78, 5) is 0. The van der Waals surface area contributed by atoms with E-state index in [1.807, 2.05) is 18.7 Å². The molecular weight excluding hydrogens is 333 g/mol.